The van der Waals surface area contributed by atoms with E-state index in [4.69, 9.17) is 0 Å². The Balaban J connectivity index is 1.38. The molecule has 0 saturated carbocycles. The molecule has 2 aliphatic rings. The van der Waals surface area contributed by atoms with Gasteiger partial charge in [-0.1, -0.05) is 97.1 Å². The Morgan fingerprint density at radius 3 is 1.00 bits per heavy atom. The summed E-state index contributed by atoms with van der Waals surface area (Å²) in [6.07, 6.45) is 0. The zero-order chi connectivity index (χ0) is 26.7. The van der Waals surface area contributed by atoms with Crippen LogP contribution in [0.5, 0.6) is 0 Å². The van der Waals surface area contributed by atoms with Gasteiger partial charge < -0.3 is 0 Å². The lowest BCUT2D eigenvalue weighted by molar-refractivity contribution is 0.796. The molecule has 0 saturated heterocycles. The molecule has 0 aromatic heterocycles. The average Bonchev–Trinajstić information content (AvgIpc) is 3.46. The summed E-state index contributed by atoms with van der Waals surface area (Å²) < 4.78 is 0. The van der Waals surface area contributed by atoms with Gasteiger partial charge in [0.1, 0.15) is 0 Å². The van der Waals surface area contributed by atoms with Gasteiger partial charge in [0.15, 0.2) is 0 Å². The van der Waals surface area contributed by atoms with Gasteiger partial charge >= 0.3 is 0 Å². The minimum Gasteiger partial charge on any atom is -0.0619 e. The largest absolute Gasteiger partial charge is 0.0725 e. The summed E-state index contributed by atoms with van der Waals surface area (Å²) in [7, 11) is 0. The van der Waals surface area contributed by atoms with Gasteiger partial charge in [-0.15, -0.1) is 0 Å². The standard InChI is InChI=1S/C41H24/c1-3-11-27-19-31-23-39-35(21-29(31)17-25(27)9-1)33-13-5-7-15-37(33)41(39)38-16-8-6-14-34(38)36-22-30-18-26-10-2-4-12-28(26)20-32(30)24-40(36)41/h1-24H. The summed E-state index contributed by atoms with van der Waals surface area (Å²) >= 11 is 0. The smallest absolute Gasteiger partial charge is 0.0619 e. The van der Waals surface area contributed by atoms with Gasteiger partial charge in [-0.05, 0) is 136 Å². The second-order valence-corrected chi connectivity index (χ2v) is 11.7. The van der Waals surface area contributed by atoms with Crippen molar-refractivity contribution in [3.05, 3.63) is 168 Å². The van der Waals surface area contributed by atoms with Crippen molar-refractivity contribution in [1.29, 1.82) is 0 Å². The molecule has 0 heterocycles. The Kier molecular flexibility index (Phi) is 3.95. The van der Waals surface area contributed by atoms with Crippen LogP contribution >= 0.6 is 0 Å². The molecule has 0 aliphatic heterocycles. The second-order valence-electron chi connectivity index (χ2n) is 11.7. The fourth-order valence-electron chi connectivity index (χ4n) is 8.01. The molecule has 0 heteroatoms. The van der Waals surface area contributed by atoms with E-state index in [1.807, 2.05) is 0 Å². The van der Waals surface area contributed by atoms with E-state index in [1.54, 1.807) is 0 Å². The van der Waals surface area contributed by atoms with Crippen LogP contribution in [0.15, 0.2) is 146 Å². The highest BCUT2D eigenvalue weighted by Crippen LogP contribution is 2.63. The minimum atomic E-state index is -0.350. The Morgan fingerprint density at radius 2 is 0.585 bits per heavy atom. The van der Waals surface area contributed by atoms with Gasteiger partial charge in [0.25, 0.3) is 0 Å². The number of rotatable bonds is 0. The molecule has 0 unspecified atom stereocenters. The molecule has 0 nitrogen and oxygen atoms in total. The maximum absolute atomic E-state index is 2.49. The van der Waals surface area contributed by atoms with Crippen molar-refractivity contribution in [2.24, 2.45) is 0 Å². The molecule has 1 spiro atoms. The van der Waals surface area contributed by atoms with E-state index in [9.17, 15) is 0 Å². The number of hydrogen-bond acceptors (Lipinski definition) is 0. The molecule has 8 aromatic rings. The van der Waals surface area contributed by atoms with Crippen molar-refractivity contribution in [2.75, 3.05) is 0 Å². The monoisotopic (exact) mass is 516 g/mol. The number of benzene rings is 8. The third kappa shape index (κ3) is 2.65. The van der Waals surface area contributed by atoms with Crippen LogP contribution in [-0.2, 0) is 5.41 Å². The minimum absolute atomic E-state index is 0.350. The summed E-state index contributed by atoms with van der Waals surface area (Å²) in [5.41, 5.74) is 10.6. The van der Waals surface area contributed by atoms with Crippen LogP contribution in [0.1, 0.15) is 22.3 Å². The van der Waals surface area contributed by atoms with Crippen LogP contribution < -0.4 is 0 Å². The maximum Gasteiger partial charge on any atom is 0.0725 e. The normalized spacial score (nSPS) is 14.0. The summed E-state index contributed by atoms with van der Waals surface area (Å²) in [6, 6.07) is 55.0. The first-order valence-corrected chi connectivity index (χ1v) is 14.4. The third-order valence-electron chi connectivity index (χ3n) is 9.73. The second kappa shape index (κ2) is 7.50. The van der Waals surface area contributed by atoms with Gasteiger partial charge in [0, 0.05) is 0 Å². The molecule has 188 valence electrons. The molecule has 0 bridgehead atoms. The lowest BCUT2D eigenvalue weighted by Crippen LogP contribution is -2.25. The summed E-state index contributed by atoms with van der Waals surface area (Å²) in [5.74, 6) is 0. The Morgan fingerprint density at radius 1 is 0.244 bits per heavy atom. The Hall–Kier alpha value is -5.20. The van der Waals surface area contributed by atoms with Crippen molar-refractivity contribution in [2.45, 2.75) is 5.41 Å². The Bertz CT molecular complexity index is 2250. The zero-order valence-electron chi connectivity index (χ0n) is 22.4. The van der Waals surface area contributed by atoms with Crippen molar-refractivity contribution < 1.29 is 0 Å². The van der Waals surface area contributed by atoms with Crippen molar-refractivity contribution in [3.8, 4) is 22.3 Å². The first kappa shape index (κ1) is 21.6. The SMILES string of the molecule is c1ccc2c(c1)-c1cc3cc4ccccc4cc3cc1C21c2ccccc2-c2cc3cc4ccccc4cc3cc21. The van der Waals surface area contributed by atoms with Crippen LogP contribution in [0.4, 0.5) is 0 Å². The summed E-state index contributed by atoms with van der Waals surface area (Å²) in [6.45, 7) is 0. The lowest BCUT2D eigenvalue weighted by Gasteiger charge is -2.31. The highest BCUT2D eigenvalue weighted by molar-refractivity contribution is 6.07. The fraction of sp³-hybridized carbons (Fsp3) is 0.0244. The van der Waals surface area contributed by atoms with Gasteiger partial charge in [-0.2, -0.15) is 0 Å². The summed E-state index contributed by atoms with van der Waals surface area (Å²) in [5, 5.41) is 10.3. The van der Waals surface area contributed by atoms with Crippen LogP contribution in [-0.4, -0.2) is 0 Å². The molecule has 0 amide bonds. The quantitative estimate of drug-likeness (QED) is 0.176. The van der Waals surface area contributed by atoms with Crippen molar-refractivity contribution >= 4 is 43.1 Å². The van der Waals surface area contributed by atoms with Crippen LogP contribution in [0.3, 0.4) is 0 Å². The molecule has 41 heavy (non-hydrogen) atoms. The molecule has 2 aliphatic carbocycles. The molecular weight excluding hydrogens is 492 g/mol. The van der Waals surface area contributed by atoms with E-state index in [0.29, 0.717) is 0 Å². The van der Waals surface area contributed by atoms with E-state index < -0.39 is 0 Å². The fourth-order valence-corrected chi connectivity index (χ4v) is 8.01. The molecule has 0 atom stereocenters. The first-order chi connectivity index (χ1) is 20.3. The van der Waals surface area contributed by atoms with Gasteiger partial charge in [0.05, 0.1) is 5.41 Å². The average molecular weight is 517 g/mol. The van der Waals surface area contributed by atoms with Crippen molar-refractivity contribution in [3.63, 3.8) is 0 Å². The van der Waals surface area contributed by atoms with E-state index in [1.165, 1.54) is 87.6 Å². The molecule has 10 rings (SSSR count). The van der Waals surface area contributed by atoms with E-state index in [2.05, 4.69) is 146 Å². The van der Waals surface area contributed by atoms with Crippen molar-refractivity contribution in [1.82, 2.24) is 0 Å². The van der Waals surface area contributed by atoms with Gasteiger partial charge in [0.2, 0.25) is 0 Å². The predicted molar refractivity (Wildman–Crippen MR) is 173 cm³/mol. The predicted octanol–water partition coefficient (Wildman–Crippen LogP) is 10.6. The molecule has 0 N–H and O–H groups in total. The zero-order valence-corrected chi connectivity index (χ0v) is 22.4. The van der Waals surface area contributed by atoms with E-state index in [0.717, 1.165) is 0 Å². The Labute approximate surface area is 238 Å². The van der Waals surface area contributed by atoms with Crippen LogP contribution in [0, 0.1) is 0 Å². The van der Waals surface area contributed by atoms with Gasteiger partial charge in [-0.3, -0.25) is 0 Å². The highest BCUT2D eigenvalue weighted by Gasteiger charge is 2.51. The third-order valence-corrected chi connectivity index (χ3v) is 9.73. The molecule has 8 aromatic carbocycles. The lowest BCUT2D eigenvalue weighted by atomic mass is 9.70. The van der Waals surface area contributed by atoms with Gasteiger partial charge in [-0.25, -0.2) is 0 Å². The highest BCUT2D eigenvalue weighted by atomic mass is 14.5. The topological polar surface area (TPSA) is 0 Å². The number of hydrogen-bond donors (Lipinski definition) is 0. The molecular formula is C41H24. The van der Waals surface area contributed by atoms with E-state index in [-0.39, 0.29) is 5.41 Å². The molecule has 0 radical (unpaired) electrons. The summed E-state index contributed by atoms with van der Waals surface area (Å²) in [4.78, 5) is 0. The maximum atomic E-state index is 2.49. The first-order valence-electron chi connectivity index (χ1n) is 14.4. The van der Waals surface area contributed by atoms with E-state index >= 15 is 0 Å². The number of fused-ring (bicyclic) bond motifs is 14. The van der Waals surface area contributed by atoms with Crippen LogP contribution in [0.2, 0.25) is 0 Å². The molecule has 0 fully saturated rings. The van der Waals surface area contributed by atoms with Crippen LogP contribution in [0.25, 0.3) is 65.3 Å².